The fourth-order valence-corrected chi connectivity index (χ4v) is 2.31. The summed E-state index contributed by atoms with van der Waals surface area (Å²) in [6, 6.07) is 0. The molecule has 0 bridgehead atoms. The van der Waals surface area contributed by atoms with Gasteiger partial charge in [0.15, 0.2) is 0 Å². The molecule has 88 valence electrons. The van der Waals surface area contributed by atoms with Crippen LogP contribution >= 0.6 is 11.6 Å². The van der Waals surface area contributed by atoms with E-state index in [1.807, 2.05) is 6.92 Å². The van der Waals surface area contributed by atoms with Gasteiger partial charge in [0.25, 0.3) is 0 Å². The van der Waals surface area contributed by atoms with Gasteiger partial charge < -0.3 is 10.2 Å². The van der Waals surface area contributed by atoms with Crippen LogP contribution in [0.2, 0.25) is 5.28 Å². The average molecular weight is 241 g/mol. The molecule has 1 aliphatic heterocycles. The summed E-state index contributed by atoms with van der Waals surface area (Å²) in [5.74, 6) is 1.02. The molecule has 1 aromatic heterocycles. The van der Waals surface area contributed by atoms with E-state index in [-0.39, 0.29) is 0 Å². The van der Waals surface area contributed by atoms with Crippen LogP contribution in [0.4, 0.5) is 5.82 Å². The molecule has 2 rings (SSSR count). The maximum atomic E-state index is 5.93. The van der Waals surface area contributed by atoms with E-state index < -0.39 is 0 Å². The second kappa shape index (κ2) is 4.97. The van der Waals surface area contributed by atoms with Gasteiger partial charge in [0, 0.05) is 37.4 Å². The van der Waals surface area contributed by atoms with Gasteiger partial charge in [-0.05, 0) is 24.9 Å². The lowest BCUT2D eigenvalue weighted by Gasteiger charge is -2.30. The highest BCUT2D eigenvalue weighted by atomic mass is 35.5. The Bertz CT molecular complexity index is 374. The number of aryl methyl sites for hydroxylation is 1. The van der Waals surface area contributed by atoms with Gasteiger partial charge in [-0.1, -0.05) is 6.92 Å². The van der Waals surface area contributed by atoms with E-state index in [1.165, 1.54) is 5.56 Å². The number of piperazine rings is 1. The van der Waals surface area contributed by atoms with E-state index >= 15 is 0 Å². The summed E-state index contributed by atoms with van der Waals surface area (Å²) in [6.07, 6.45) is 0.947. The summed E-state index contributed by atoms with van der Waals surface area (Å²) in [6.45, 7) is 8.11. The second-order valence-electron chi connectivity index (χ2n) is 3.97. The number of aromatic nitrogens is 2. The Morgan fingerprint density at radius 3 is 2.62 bits per heavy atom. The van der Waals surface area contributed by atoms with E-state index in [2.05, 4.69) is 27.1 Å². The highest BCUT2D eigenvalue weighted by Crippen LogP contribution is 2.23. The molecule has 1 fully saturated rings. The maximum absolute atomic E-state index is 5.93. The topological polar surface area (TPSA) is 41.1 Å². The number of hydrogen-bond acceptors (Lipinski definition) is 4. The van der Waals surface area contributed by atoms with Crippen LogP contribution in [0.3, 0.4) is 0 Å². The van der Waals surface area contributed by atoms with Crippen molar-refractivity contribution in [3.8, 4) is 0 Å². The molecule has 1 aromatic rings. The molecular formula is C11H17ClN4. The molecular weight excluding hydrogens is 224 g/mol. The molecule has 1 aliphatic rings. The first-order valence-electron chi connectivity index (χ1n) is 5.71. The Morgan fingerprint density at radius 2 is 2.00 bits per heavy atom. The van der Waals surface area contributed by atoms with Crippen molar-refractivity contribution in [3.05, 3.63) is 16.5 Å². The van der Waals surface area contributed by atoms with Gasteiger partial charge in [-0.25, -0.2) is 9.97 Å². The molecule has 4 nitrogen and oxygen atoms in total. The van der Waals surface area contributed by atoms with Crippen molar-refractivity contribution in [1.29, 1.82) is 0 Å². The third kappa shape index (κ3) is 2.28. The van der Waals surface area contributed by atoms with Gasteiger partial charge in [0.05, 0.1) is 0 Å². The summed E-state index contributed by atoms with van der Waals surface area (Å²) in [5, 5.41) is 3.68. The first kappa shape index (κ1) is 11.6. The molecule has 0 saturated carbocycles. The van der Waals surface area contributed by atoms with Crippen LogP contribution in [0.5, 0.6) is 0 Å². The van der Waals surface area contributed by atoms with Crippen molar-refractivity contribution >= 4 is 17.4 Å². The van der Waals surface area contributed by atoms with Crippen LogP contribution in [-0.4, -0.2) is 36.1 Å². The van der Waals surface area contributed by atoms with Crippen LogP contribution in [0, 0.1) is 6.92 Å². The zero-order valence-corrected chi connectivity index (χ0v) is 10.5. The minimum absolute atomic E-state index is 0.350. The normalized spacial score (nSPS) is 16.6. The predicted octanol–water partition coefficient (Wildman–Crippen LogP) is 1.41. The number of hydrogen-bond donors (Lipinski definition) is 1. The van der Waals surface area contributed by atoms with Crippen molar-refractivity contribution < 1.29 is 0 Å². The number of nitrogens with one attached hydrogen (secondary N) is 1. The van der Waals surface area contributed by atoms with Crippen molar-refractivity contribution in [3.63, 3.8) is 0 Å². The van der Waals surface area contributed by atoms with Crippen LogP contribution in [0.15, 0.2) is 0 Å². The minimum atomic E-state index is 0.350. The van der Waals surface area contributed by atoms with Crippen molar-refractivity contribution in [2.45, 2.75) is 20.3 Å². The third-order valence-electron chi connectivity index (χ3n) is 2.93. The molecule has 0 amide bonds. The Balaban J connectivity index is 2.36. The molecule has 0 aliphatic carbocycles. The summed E-state index contributed by atoms with van der Waals surface area (Å²) in [4.78, 5) is 10.9. The largest absolute Gasteiger partial charge is 0.354 e. The van der Waals surface area contributed by atoms with Crippen LogP contribution < -0.4 is 10.2 Å². The SMILES string of the molecule is CCc1c(C)nc(Cl)nc1N1CCNCC1. The van der Waals surface area contributed by atoms with Gasteiger partial charge in [0.2, 0.25) is 5.28 Å². The van der Waals surface area contributed by atoms with E-state index in [9.17, 15) is 0 Å². The molecule has 0 spiro atoms. The van der Waals surface area contributed by atoms with Gasteiger partial charge in [0.1, 0.15) is 5.82 Å². The van der Waals surface area contributed by atoms with Crippen molar-refractivity contribution in [1.82, 2.24) is 15.3 Å². The number of anilines is 1. The molecule has 2 heterocycles. The third-order valence-corrected chi connectivity index (χ3v) is 3.10. The fourth-order valence-electron chi connectivity index (χ4n) is 2.10. The Hall–Kier alpha value is -0.870. The average Bonchev–Trinajstić information content (AvgIpc) is 2.29. The van der Waals surface area contributed by atoms with Crippen LogP contribution in [-0.2, 0) is 6.42 Å². The first-order valence-corrected chi connectivity index (χ1v) is 6.09. The van der Waals surface area contributed by atoms with Crippen LogP contribution in [0.25, 0.3) is 0 Å². The van der Waals surface area contributed by atoms with E-state index in [0.29, 0.717) is 5.28 Å². The molecule has 1 saturated heterocycles. The predicted molar refractivity (Wildman–Crippen MR) is 66.2 cm³/mol. The van der Waals surface area contributed by atoms with Gasteiger partial charge >= 0.3 is 0 Å². The number of halogens is 1. The van der Waals surface area contributed by atoms with Crippen molar-refractivity contribution in [2.75, 3.05) is 31.1 Å². The maximum Gasteiger partial charge on any atom is 0.224 e. The van der Waals surface area contributed by atoms with Gasteiger partial charge in [-0.3, -0.25) is 0 Å². The zero-order chi connectivity index (χ0) is 11.5. The van der Waals surface area contributed by atoms with E-state index in [0.717, 1.165) is 44.1 Å². The van der Waals surface area contributed by atoms with E-state index in [4.69, 9.17) is 11.6 Å². The van der Waals surface area contributed by atoms with Gasteiger partial charge in [-0.15, -0.1) is 0 Å². The summed E-state index contributed by atoms with van der Waals surface area (Å²) in [7, 11) is 0. The lowest BCUT2D eigenvalue weighted by Crippen LogP contribution is -2.44. The summed E-state index contributed by atoms with van der Waals surface area (Å²) >= 11 is 5.93. The second-order valence-corrected chi connectivity index (χ2v) is 4.31. The summed E-state index contributed by atoms with van der Waals surface area (Å²) in [5.41, 5.74) is 2.21. The molecule has 0 aromatic carbocycles. The molecule has 1 N–H and O–H groups in total. The molecule has 0 radical (unpaired) electrons. The lowest BCUT2D eigenvalue weighted by molar-refractivity contribution is 0.582. The molecule has 16 heavy (non-hydrogen) atoms. The Labute approximate surface area is 101 Å². The van der Waals surface area contributed by atoms with Crippen molar-refractivity contribution in [2.24, 2.45) is 0 Å². The fraction of sp³-hybridized carbons (Fsp3) is 0.636. The lowest BCUT2D eigenvalue weighted by atomic mass is 10.1. The Morgan fingerprint density at radius 1 is 1.31 bits per heavy atom. The summed E-state index contributed by atoms with van der Waals surface area (Å²) < 4.78 is 0. The highest BCUT2D eigenvalue weighted by Gasteiger charge is 2.17. The number of rotatable bonds is 2. The smallest absolute Gasteiger partial charge is 0.224 e. The highest BCUT2D eigenvalue weighted by molar-refractivity contribution is 6.28. The van der Waals surface area contributed by atoms with E-state index in [1.54, 1.807) is 0 Å². The Kier molecular flexibility index (Phi) is 3.61. The minimum Gasteiger partial charge on any atom is -0.354 e. The van der Waals surface area contributed by atoms with Crippen LogP contribution in [0.1, 0.15) is 18.2 Å². The standard InChI is InChI=1S/C11H17ClN4/c1-3-9-8(2)14-11(12)15-10(9)16-6-4-13-5-7-16/h13H,3-7H2,1-2H3. The number of nitrogens with zero attached hydrogens (tertiary/aromatic N) is 3. The molecule has 5 heteroatoms. The molecule has 0 unspecified atom stereocenters. The molecule has 0 atom stereocenters. The quantitative estimate of drug-likeness (QED) is 0.794. The first-order chi connectivity index (χ1) is 7.72. The van der Waals surface area contributed by atoms with Gasteiger partial charge in [-0.2, -0.15) is 0 Å². The monoisotopic (exact) mass is 240 g/mol. The zero-order valence-electron chi connectivity index (χ0n) is 9.76.